The number of halogens is 5. The second-order valence-corrected chi connectivity index (χ2v) is 14.1. The van der Waals surface area contributed by atoms with Crippen molar-refractivity contribution in [2.75, 3.05) is 0 Å². The van der Waals surface area contributed by atoms with Gasteiger partial charge in [-0.2, -0.15) is 0 Å². The van der Waals surface area contributed by atoms with Gasteiger partial charge < -0.3 is 8.83 Å². The van der Waals surface area contributed by atoms with Crippen molar-refractivity contribution in [1.29, 1.82) is 0 Å². The molecule has 2 nitrogen and oxygen atoms in total. The summed E-state index contributed by atoms with van der Waals surface area (Å²) < 4.78 is 65.2. The van der Waals surface area contributed by atoms with Crippen LogP contribution in [-0.4, -0.2) is 5.92 Å². The van der Waals surface area contributed by atoms with Crippen LogP contribution in [-0.2, 0) is 12.8 Å². The topological polar surface area (TPSA) is 26.3 Å². The molecule has 0 N–H and O–H groups in total. The van der Waals surface area contributed by atoms with Crippen LogP contribution >= 0.6 is 11.6 Å². The monoisotopic (exact) mass is 708 g/mol. The maximum atomic E-state index is 13.6. The van der Waals surface area contributed by atoms with Crippen LogP contribution in [0, 0.1) is 25.5 Å². The third kappa shape index (κ3) is 8.23. The predicted molar refractivity (Wildman–Crippen MR) is 197 cm³/mol. The van der Waals surface area contributed by atoms with Gasteiger partial charge in [-0.15, -0.1) is 0 Å². The summed E-state index contributed by atoms with van der Waals surface area (Å²) in [5.74, 6) is -1.22. The van der Waals surface area contributed by atoms with Gasteiger partial charge in [0.2, 0.25) is 5.92 Å². The van der Waals surface area contributed by atoms with E-state index in [-0.39, 0.29) is 30.4 Å². The van der Waals surface area contributed by atoms with Gasteiger partial charge in [0.05, 0.1) is 0 Å². The Labute approximate surface area is 299 Å². The van der Waals surface area contributed by atoms with Gasteiger partial charge in [-0.1, -0.05) is 54.1 Å². The Morgan fingerprint density at radius 3 is 1.73 bits per heavy atom. The van der Waals surface area contributed by atoms with Gasteiger partial charge in [0.25, 0.3) is 0 Å². The highest BCUT2D eigenvalue weighted by Crippen LogP contribution is 2.43. The van der Waals surface area contributed by atoms with E-state index in [1.165, 1.54) is 24.3 Å². The lowest BCUT2D eigenvalue weighted by Crippen LogP contribution is -2.23. The van der Waals surface area contributed by atoms with Gasteiger partial charge >= 0.3 is 0 Å². The maximum absolute atomic E-state index is 13.6. The molecule has 1 fully saturated rings. The van der Waals surface area contributed by atoms with Crippen LogP contribution in [0.1, 0.15) is 70.9 Å². The van der Waals surface area contributed by atoms with Crippen molar-refractivity contribution in [3.05, 3.63) is 165 Å². The first-order chi connectivity index (χ1) is 24.5. The number of fused-ring (bicyclic) bond motifs is 2. The summed E-state index contributed by atoms with van der Waals surface area (Å²) in [5.41, 5.74) is 9.08. The van der Waals surface area contributed by atoms with Crippen molar-refractivity contribution >= 4 is 33.5 Å². The Morgan fingerprint density at radius 2 is 1.16 bits per heavy atom. The van der Waals surface area contributed by atoms with Crippen molar-refractivity contribution in [2.45, 2.75) is 64.2 Å². The fourth-order valence-electron chi connectivity index (χ4n) is 7.12. The standard InChI is InChI=1S/C22H16ClFO.C22H21F3O/c1-14-9-18-11-16(10-15-5-7-20(24)8-6-15)12-21(22(18)25-14)17-3-2-4-19(23)13-17;1-14-10-18-12-16(11-15-2-4-19(23)5-3-15)13-20(21(18)26-14)17-6-8-22(24,25)9-7-17/h2-9,11-13H,10H2,1H3;2-5,10,12-13,17H,6-9,11H2,1H3. The maximum Gasteiger partial charge on any atom is 0.248 e. The molecule has 0 bridgehead atoms. The van der Waals surface area contributed by atoms with E-state index in [0.717, 1.165) is 78.8 Å². The molecular weight excluding hydrogens is 672 g/mol. The molecule has 0 atom stereocenters. The Kier molecular flexibility index (Phi) is 9.80. The van der Waals surface area contributed by atoms with Crippen LogP contribution < -0.4 is 0 Å². The van der Waals surface area contributed by atoms with Gasteiger partial charge in [-0.05, 0) is 146 Å². The fourth-order valence-corrected chi connectivity index (χ4v) is 7.31. The van der Waals surface area contributed by atoms with Gasteiger partial charge in [0.15, 0.2) is 0 Å². The summed E-state index contributed by atoms with van der Waals surface area (Å²) in [6.07, 6.45) is 2.22. The molecule has 0 aliphatic heterocycles. The minimum atomic E-state index is -2.54. The predicted octanol–water partition coefficient (Wildman–Crippen LogP) is 13.6. The number of benzene rings is 5. The largest absolute Gasteiger partial charge is 0.461 e. The first kappa shape index (κ1) is 34.6. The Hall–Kier alpha value is -4.81. The van der Waals surface area contributed by atoms with Crippen LogP contribution in [0.4, 0.5) is 17.6 Å². The summed E-state index contributed by atoms with van der Waals surface area (Å²) in [6, 6.07) is 33.3. The molecule has 1 aliphatic rings. The summed E-state index contributed by atoms with van der Waals surface area (Å²) in [4.78, 5) is 0. The lowest BCUT2D eigenvalue weighted by atomic mass is 9.81. The zero-order valence-corrected chi connectivity index (χ0v) is 29.2. The number of rotatable bonds is 6. The average Bonchev–Trinajstić information content (AvgIpc) is 3.67. The van der Waals surface area contributed by atoms with E-state index in [1.54, 1.807) is 12.1 Å². The SMILES string of the molecule is Cc1cc2cc(Cc3ccc(F)cc3)cc(-c3cccc(Cl)c3)c2o1.Cc1cc2cc(Cc3ccc(F)cc3)cc(C3CCC(F)(F)CC3)c2o1. The van der Waals surface area contributed by atoms with E-state index in [0.29, 0.717) is 24.3 Å². The summed E-state index contributed by atoms with van der Waals surface area (Å²) in [5, 5.41) is 2.76. The fraction of sp³-hybridized carbons (Fsp3) is 0.227. The van der Waals surface area contributed by atoms with Crippen LogP contribution in [0.5, 0.6) is 0 Å². The Bertz CT molecular complexity index is 2290. The van der Waals surface area contributed by atoms with E-state index in [4.69, 9.17) is 20.4 Å². The third-order valence-electron chi connectivity index (χ3n) is 9.56. The number of alkyl halides is 2. The first-order valence-corrected chi connectivity index (χ1v) is 17.5. The molecule has 8 rings (SSSR count). The van der Waals surface area contributed by atoms with Gasteiger partial charge in [0.1, 0.15) is 34.3 Å². The van der Waals surface area contributed by atoms with Crippen molar-refractivity contribution < 1.29 is 26.4 Å². The molecule has 7 heteroatoms. The van der Waals surface area contributed by atoms with Gasteiger partial charge in [-0.25, -0.2) is 17.6 Å². The molecular formula is C44H37ClF4O2. The molecule has 2 heterocycles. The van der Waals surface area contributed by atoms with Crippen LogP contribution in [0.15, 0.2) is 118 Å². The number of hydrogen-bond acceptors (Lipinski definition) is 2. The second-order valence-electron chi connectivity index (χ2n) is 13.6. The molecule has 0 amide bonds. The molecule has 1 saturated carbocycles. The zero-order chi connectivity index (χ0) is 35.7. The minimum Gasteiger partial charge on any atom is -0.461 e. The molecule has 0 saturated heterocycles. The van der Waals surface area contributed by atoms with Crippen LogP contribution in [0.25, 0.3) is 33.1 Å². The van der Waals surface area contributed by atoms with E-state index in [1.807, 2.05) is 62.4 Å². The van der Waals surface area contributed by atoms with Crippen molar-refractivity contribution in [1.82, 2.24) is 0 Å². The summed E-state index contributed by atoms with van der Waals surface area (Å²) in [7, 11) is 0. The van der Waals surface area contributed by atoms with Crippen molar-refractivity contribution in [3.63, 3.8) is 0 Å². The minimum absolute atomic E-state index is 0.0684. The second kappa shape index (κ2) is 14.4. The Balaban J connectivity index is 0.000000159. The van der Waals surface area contributed by atoms with E-state index in [2.05, 4.69) is 24.3 Å². The molecule has 7 aromatic rings. The number of aryl methyl sites for hydroxylation is 2. The third-order valence-corrected chi connectivity index (χ3v) is 9.80. The molecule has 0 unspecified atom stereocenters. The van der Waals surface area contributed by atoms with E-state index >= 15 is 0 Å². The van der Waals surface area contributed by atoms with E-state index < -0.39 is 5.92 Å². The first-order valence-electron chi connectivity index (χ1n) is 17.2. The number of hydrogen-bond donors (Lipinski definition) is 0. The van der Waals surface area contributed by atoms with Crippen LogP contribution in [0.2, 0.25) is 5.02 Å². The Morgan fingerprint density at radius 1 is 0.627 bits per heavy atom. The summed E-state index contributed by atoms with van der Waals surface area (Å²) in [6.45, 7) is 3.85. The quantitative estimate of drug-likeness (QED) is 0.161. The average molecular weight is 709 g/mol. The molecule has 0 radical (unpaired) electrons. The highest BCUT2D eigenvalue weighted by atomic mass is 35.5. The highest BCUT2D eigenvalue weighted by Gasteiger charge is 2.36. The summed E-state index contributed by atoms with van der Waals surface area (Å²) >= 11 is 6.17. The normalized spacial score (nSPS) is 14.5. The highest BCUT2D eigenvalue weighted by molar-refractivity contribution is 6.30. The molecule has 5 aromatic carbocycles. The molecule has 0 spiro atoms. The van der Waals surface area contributed by atoms with E-state index in [9.17, 15) is 17.6 Å². The molecule has 260 valence electrons. The lowest BCUT2D eigenvalue weighted by molar-refractivity contribution is -0.0381. The van der Waals surface area contributed by atoms with Gasteiger partial charge in [0, 0.05) is 34.2 Å². The molecule has 51 heavy (non-hydrogen) atoms. The number of furan rings is 2. The zero-order valence-electron chi connectivity index (χ0n) is 28.4. The van der Waals surface area contributed by atoms with Crippen molar-refractivity contribution in [2.24, 2.45) is 0 Å². The van der Waals surface area contributed by atoms with Crippen molar-refractivity contribution in [3.8, 4) is 11.1 Å². The molecule has 1 aliphatic carbocycles. The van der Waals surface area contributed by atoms with Gasteiger partial charge in [-0.3, -0.25) is 0 Å². The van der Waals surface area contributed by atoms with Crippen LogP contribution in [0.3, 0.4) is 0 Å². The molecule has 2 aromatic heterocycles. The lowest BCUT2D eigenvalue weighted by Gasteiger charge is -2.28. The smallest absolute Gasteiger partial charge is 0.248 e.